The van der Waals surface area contributed by atoms with Gasteiger partial charge in [-0.2, -0.15) is 8.42 Å². The van der Waals surface area contributed by atoms with E-state index in [1.807, 2.05) is 30.3 Å². The third kappa shape index (κ3) is 3.47. The summed E-state index contributed by atoms with van der Waals surface area (Å²) in [5.74, 6) is -1.11. The van der Waals surface area contributed by atoms with Gasteiger partial charge in [0.1, 0.15) is 0 Å². The van der Waals surface area contributed by atoms with Crippen molar-refractivity contribution >= 4 is 27.0 Å². The SMILES string of the molecule is O=C1CC(CS(=O)(=O)F)CN1CCc1cc2ccccc2[nH]1. The molecule has 0 spiro atoms. The van der Waals surface area contributed by atoms with Crippen LogP contribution in [0.15, 0.2) is 30.3 Å². The molecule has 1 aliphatic rings. The van der Waals surface area contributed by atoms with Crippen LogP contribution in [-0.2, 0) is 21.4 Å². The van der Waals surface area contributed by atoms with Crippen LogP contribution >= 0.6 is 0 Å². The summed E-state index contributed by atoms with van der Waals surface area (Å²) in [5, 5.41) is 1.12. The first-order valence-corrected chi connectivity index (χ1v) is 8.73. The molecule has 118 valence electrons. The highest BCUT2D eigenvalue weighted by atomic mass is 32.3. The molecule has 3 rings (SSSR count). The van der Waals surface area contributed by atoms with Gasteiger partial charge in [0.25, 0.3) is 0 Å². The molecule has 5 nitrogen and oxygen atoms in total. The van der Waals surface area contributed by atoms with E-state index >= 15 is 0 Å². The maximum atomic E-state index is 12.7. The van der Waals surface area contributed by atoms with Gasteiger partial charge in [-0.15, -0.1) is 3.89 Å². The lowest BCUT2D eigenvalue weighted by molar-refractivity contribution is -0.127. The summed E-state index contributed by atoms with van der Waals surface area (Å²) in [6.07, 6.45) is 0.769. The molecule has 1 aliphatic heterocycles. The number of nitrogens with zero attached hydrogens (tertiary/aromatic N) is 1. The van der Waals surface area contributed by atoms with Crippen LogP contribution in [0.2, 0.25) is 0 Å². The van der Waals surface area contributed by atoms with Crippen LogP contribution in [0.25, 0.3) is 10.9 Å². The van der Waals surface area contributed by atoms with Crippen LogP contribution < -0.4 is 0 Å². The second-order valence-electron chi connectivity index (χ2n) is 5.75. The van der Waals surface area contributed by atoms with Gasteiger partial charge in [0.05, 0.1) is 5.75 Å². The van der Waals surface area contributed by atoms with E-state index in [1.54, 1.807) is 4.90 Å². The van der Waals surface area contributed by atoms with Crippen molar-refractivity contribution in [3.05, 3.63) is 36.0 Å². The van der Waals surface area contributed by atoms with E-state index in [-0.39, 0.29) is 12.3 Å². The molecule has 1 aromatic heterocycles. The fourth-order valence-electron chi connectivity index (χ4n) is 2.99. The number of hydrogen-bond acceptors (Lipinski definition) is 3. The van der Waals surface area contributed by atoms with Gasteiger partial charge in [-0.3, -0.25) is 4.79 Å². The van der Waals surface area contributed by atoms with Crippen LogP contribution in [0.5, 0.6) is 0 Å². The molecule has 0 aliphatic carbocycles. The first-order chi connectivity index (χ1) is 10.4. The van der Waals surface area contributed by atoms with Crippen molar-refractivity contribution in [1.29, 1.82) is 0 Å². The molecular weight excluding hydrogens is 307 g/mol. The summed E-state index contributed by atoms with van der Waals surface area (Å²) in [5.41, 5.74) is 2.07. The van der Waals surface area contributed by atoms with Crippen molar-refractivity contribution in [2.75, 3.05) is 18.8 Å². The Balaban J connectivity index is 1.60. The lowest BCUT2D eigenvalue weighted by Crippen LogP contribution is -2.28. The lowest BCUT2D eigenvalue weighted by atomic mass is 10.1. The summed E-state index contributed by atoms with van der Waals surface area (Å²) in [6.45, 7) is 0.816. The first-order valence-electron chi connectivity index (χ1n) is 7.17. The number of likely N-dealkylation sites (tertiary alicyclic amines) is 1. The number of H-pyrrole nitrogens is 1. The van der Waals surface area contributed by atoms with Gasteiger partial charge in [-0.1, -0.05) is 18.2 Å². The standard InChI is InChI=1S/C15H17FN2O3S/c16-22(20,21)10-11-7-15(19)18(9-11)6-5-13-8-12-3-1-2-4-14(12)17-13/h1-4,8,11,17H,5-7,9-10H2. The smallest absolute Gasteiger partial charge is 0.302 e. The maximum absolute atomic E-state index is 12.7. The highest BCUT2D eigenvalue weighted by Gasteiger charge is 2.32. The third-order valence-electron chi connectivity index (χ3n) is 3.97. The zero-order valence-corrected chi connectivity index (χ0v) is 12.8. The number of aromatic nitrogens is 1. The van der Waals surface area contributed by atoms with Crippen LogP contribution in [0, 0.1) is 5.92 Å². The van der Waals surface area contributed by atoms with Crippen LogP contribution in [0.4, 0.5) is 3.89 Å². The fourth-order valence-corrected chi connectivity index (χ4v) is 3.77. The second-order valence-corrected chi connectivity index (χ2v) is 7.16. The fraction of sp³-hybridized carbons (Fsp3) is 0.400. The van der Waals surface area contributed by atoms with Gasteiger partial charge in [0.2, 0.25) is 5.91 Å². The molecule has 2 aromatic rings. The van der Waals surface area contributed by atoms with Gasteiger partial charge >= 0.3 is 10.2 Å². The molecule has 0 bridgehead atoms. The summed E-state index contributed by atoms with van der Waals surface area (Å²) < 4.78 is 34.1. The lowest BCUT2D eigenvalue weighted by Gasteiger charge is -2.15. The predicted octanol–water partition coefficient (Wildman–Crippen LogP) is 1.86. The Morgan fingerprint density at radius 3 is 2.82 bits per heavy atom. The minimum atomic E-state index is -4.52. The summed E-state index contributed by atoms with van der Waals surface area (Å²) in [7, 11) is -4.52. The van der Waals surface area contributed by atoms with E-state index < -0.39 is 21.9 Å². The highest BCUT2D eigenvalue weighted by molar-refractivity contribution is 7.86. The number of carbonyl (C=O) groups excluding carboxylic acids is 1. The zero-order valence-electron chi connectivity index (χ0n) is 12.0. The van der Waals surface area contributed by atoms with E-state index in [9.17, 15) is 17.1 Å². The van der Waals surface area contributed by atoms with Gasteiger partial charge in [0.15, 0.2) is 0 Å². The molecule has 22 heavy (non-hydrogen) atoms. The Hall–Kier alpha value is -1.89. The van der Waals surface area contributed by atoms with Crippen molar-refractivity contribution in [3.63, 3.8) is 0 Å². The number of amides is 1. The average Bonchev–Trinajstić information content (AvgIpc) is 2.97. The average molecular weight is 324 g/mol. The van der Waals surface area contributed by atoms with Gasteiger partial charge < -0.3 is 9.88 Å². The number of halogens is 1. The van der Waals surface area contributed by atoms with Crippen LogP contribution in [-0.4, -0.2) is 43.1 Å². The first kappa shape index (κ1) is 15.0. The zero-order chi connectivity index (χ0) is 15.7. The quantitative estimate of drug-likeness (QED) is 0.854. The van der Waals surface area contributed by atoms with E-state index in [4.69, 9.17) is 0 Å². The summed E-state index contributed by atoms with van der Waals surface area (Å²) >= 11 is 0. The number of fused-ring (bicyclic) bond motifs is 1. The third-order valence-corrected chi connectivity index (χ3v) is 4.84. The largest absolute Gasteiger partial charge is 0.358 e. The van der Waals surface area contributed by atoms with Gasteiger partial charge in [-0.25, -0.2) is 0 Å². The Bertz CT molecular complexity index is 767. The molecule has 1 saturated heterocycles. The summed E-state index contributed by atoms with van der Waals surface area (Å²) in [6, 6.07) is 9.96. The van der Waals surface area contributed by atoms with E-state index in [0.29, 0.717) is 19.5 Å². The number of aromatic amines is 1. The molecule has 0 saturated carbocycles. The molecule has 1 atom stereocenters. The van der Waals surface area contributed by atoms with Crippen LogP contribution in [0.1, 0.15) is 12.1 Å². The van der Waals surface area contributed by atoms with Crippen molar-refractivity contribution in [2.24, 2.45) is 5.92 Å². The normalized spacial score (nSPS) is 19.2. The maximum Gasteiger partial charge on any atom is 0.302 e. The molecule has 1 amide bonds. The Morgan fingerprint density at radius 2 is 2.09 bits per heavy atom. The highest BCUT2D eigenvalue weighted by Crippen LogP contribution is 2.21. The van der Waals surface area contributed by atoms with Crippen molar-refractivity contribution in [2.45, 2.75) is 12.8 Å². The predicted molar refractivity (Wildman–Crippen MR) is 81.6 cm³/mol. The number of rotatable bonds is 5. The monoisotopic (exact) mass is 324 g/mol. The van der Waals surface area contributed by atoms with Gasteiger partial charge in [0, 0.05) is 43.1 Å². The van der Waals surface area contributed by atoms with Crippen molar-refractivity contribution in [1.82, 2.24) is 9.88 Å². The topological polar surface area (TPSA) is 70.2 Å². The molecule has 1 unspecified atom stereocenters. The summed E-state index contributed by atoms with van der Waals surface area (Å²) in [4.78, 5) is 16.8. The Labute approximate surface area is 128 Å². The Kier molecular flexibility index (Phi) is 3.90. The molecule has 1 aromatic carbocycles. The van der Waals surface area contributed by atoms with Crippen LogP contribution in [0.3, 0.4) is 0 Å². The van der Waals surface area contributed by atoms with Crippen molar-refractivity contribution < 1.29 is 17.1 Å². The van der Waals surface area contributed by atoms with Crippen molar-refractivity contribution in [3.8, 4) is 0 Å². The molecular formula is C15H17FN2O3S. The molecule has 0 radical (unpaired) electrons. The molecule has 1 fully saturated rings. The molecule has 1 N–H and O–H groups in total. The second kappa shape index (κ2) is 5.72. The number of para-hydroxylation sites is 1. The number of benzene rings is 1. The van der Waals surface area contributed by atoms with Gasteiger partial charge in [-0.05, 0) is 17.5 Å². The number of carbonyl (C=O) groups is 1. The Morgan fingerprint density at radius 1 is 1.32 bits per heavy atom. The number of nitrogens with one attached hydrogen (secondary N) is 1. The minimum absolute atomic E-state index is 0.107. The number of hydrogen-bond donors (Lipinski definition) is 1. The van der Waals surface area contributed by atoms with E-state index in [2.05, 4.69) is 4.98 Å². The minimum Gasteiger partial charge on any atom is -0.358 e. The molecule has 2 heterocycles. The molecule has 7 heteroatoms. The van der Waals surface area contributed by atoms with E-state index in [0.717, 1.165) is 16.6 Å². The van der Waals surface area contributed by atoms with E-state index in [1.165, 1.54) is 0 Å².